The fraction of sp³-hybridized carbons (Fsp3) is 0.286. The normalized spacial score (nSPS) is 19.4. The third-order valence-electron chi connectivity index (χ3n) is 2.86. The highest BCUT2D eigenvalue weighted by Crippen LogP contribution is 2.34. The molecule has 3 rings (SSSR count). The summed E-state index contributed by atoms with van der Waals surface area (Å²) in [6, 6.07) is 12.4. The van der Waals surface area contributed by atoms with E-state index in [-0.39, 0.29) is 6.10 Å². The van der Waals surface area contributed by atoms with Crippen LogP contribution < -0.4 is 4.74 Å². The first kappa shape index (κ1) is 10.8. The molecule has 0 radical (unpaired) electrons. The first-order chi connectivity index (χ1) is 8.43. The molecule has 2 heterocycles. The van der Waals surface area contributed by atoms with Crippen molar-refractivity contribution in [3.05, 3.63) is 41.8 Å². The number of hydrogen-bond acceptors (Lipinski definition) is 3. The number of thiophene rings is 1. The van der Waals surface area contributed by atoms with Crippen LogP contribution in [0.3, 0.4) is 0 Å². The first-order valence-corrected chi connectivity index (χ1v) is 6.69. The highest BCUT2D eigenvalue weighted by molar-refractivity contribution is 7.13. The van der Waals surface area contributed by atoms with Gasteiger partial charge in [0.25, 0.3) is 0 Å². The van der Waals surface area contributed by atoms with Gasteiger partial charge >= 0.3 is 0 Å². The minimum Gasteiger partial charge on any atom is -0.487 e. The van der Waals surface area contributed by atoms with Gasteiger partial charge in [0.15, 0.2) is 0 Å². The Hall–Kier alpha value is -1.32. The van der Waals surface area contributed by atoms with E-state index in [1.165, 1.54) is 10.4 Å². The van der Waals surface area contributed by atoms with Crippen LogP contribution in [0.15, 0.2) is 41.8 Å². The van der Waals surface area contributed by atoms with Crippen LogP contribution in [0.25, 0.3) is 10.4 Å². The third-order valence-corrected chi connectivity index (χ3v) is 3.76. The van der Waals surface area contributed by atoms with Crippen LogP contribution in [-0.2, 0) is 4.74 Å². The molecule has 0 N–H and O–H groups in total. The van der Waals surface area contributed by atoms with Crippen molar-refractivity contribution in [2.45, 2.75) is 12.5 Å². The van der Waals surface area contributed by atoms with Crippen LogP contribution in [0.5, 0.6) is 5.75 Å². The maximum absolute atomic E-state index is 6.01. The molecule has 1 aliphatic rings. The molecule has 1 aromatic heterocycles. The molecule has 1 aliphatic heterocycles. The monoisotopic (exact) mass is 246 g/mol. The van der Waals surface area contributed by atoms with Gasteiger partial charge in [-0.3, -0.25) is 0 Å². The Labute approximate surface area is 105 Å². The van der Waals surface area contributed by atoms with Crippen molar-refractivity contribution in [1.82, 2.24) is 0 Å². The van der Waals surface area contributed by atoms with Gasteiger partial charge < -0.3 is 9.47 Å². The predicted octanol–water partition coefficient (Wildman–Crippen LogP) is 3.58. The Morgan fingerprint density at radius 2 is 2.12 bits per heavy atom. The molecule has 2 nitrogen and oxygen atoms in total. The quantitative estimate of drug-likeness (QED) is 0.824. The summed E-state index contributed by atoms with van der Waals surface area (Å²) >= 11 is 1.74. The van der Waals surface area contributed by atoms with Crippen molar-refractivity contribution < 1.29 is 9.47 Å². The summed E-state index contributed by atoms with van der Waals surface area (Å²) in [7, 11) is 0. The summed E-state index contributed by atoms with van der Waals surface area (Å²) in [6.45, 7) is 1.52. The molecule has 1 atom stereocenters. The van der Waals surface area contributed by atoms with Crippen molar-refractivity contribution >= 4 is 11.3 Å². The van der Waals surface area contributed by atoms with Gasteiger partial charge in [-0.1, -0.05) is 18.2 Å². The Kier molecular flexibility index (Phi) is 3.12. The van der Waals surface area contributed by atoms with Crippen LogP contribution in [-0.4, -0.2) is 19.3 Å². The number of para-hydroxylation sites is 1. The lowest BCUT2D eigenvalue weighted by Crippen LogP contribution is -2.16. The average Bonchev–Trinajstić information content (AvgIpc) is 3.01. The first-order valence-electron chi connectivity index (χ1n) is 5.81. The fourth-order valence-corrected chi connectivity index (χ4v) is 2.75. The molecule has 1 saturated heterocycles. The van der Waals surface area contributed by atoms with E-state index < -0.39 is 0 Å². The van der Waals surface area contributed by atoms with Crippen molar-refractivity contribution in [1.29, 1.82) is 0 Å². The number of hydrogen-bond donors (Lipinski definition) is 0. The van der Waals surface area contributed by atoms with E-state index >= 15 is 0 Å². The van der Waals surface area contributed by atoms with E-state index in [0.717, 1.165) is 18.8 Å². The summed E-state index contributed by atoms with van der Waals surface area (Å²) in [5.74, 6) is 0.963. The van der Waals surface area contributed by atoms with Crippen LogP contribution in [0, 0.1) is 0 Å². The molecule has 0 amide bonds. The molecule has 0 bridgehead atoms. The van der Waals surface area contributed by atoms with Gasteiger partial charge in [-0.2, -0.15) is 0 Å². The van der Waals surface area contributed by atoms with E-state index in [1.807, 2.05) is 18.2 Å². The molecule has 0 spiro atoms. The molecule has 1 unspecified atom stereocenters. The van der Waals surface area contributed by atoms with Crippen LogP contribution in [0.2, 0.25) is 0 Å². The SMILES string of the molecule is c1csc(-c2ccccc2OC2CCOC2)c1. The summed E-state index contributed by atoms with van der Waals surface area (Å²) in [5, 5.41) is 2.09. The van der Waals surface area contributed by atoms with E-state index in [9.17, 15) is 0 Å². The van der Waals surface area contributed by atoms with Crippen molar-refractivity contribution in [3.63, 3.8) is 0 Å². The van der Waals surface area contributed by atoms with Gasteiger partial charge in [0.1, 0.15) is 11.9 Å². The van der Waals surface area contributed by atoms with Gasteiger partial charge in [-0.05, 0) is 23.6 Å². The molecule has 1 aromatic carbocycles. The standard InChI is InChI=1S/C14H14O2S/c1-2-5-13(16-11-7-8-15-10-11)12(4-1)14-6-3-9-17-14/h1-6,9,11H,7-8,10H2. The summed E-state index contributed by atoms with van der Waals surface area (Å²) < 4.78 is 11.3. The second-order valence-electron chi connectivity index (χ2n) is 4.08. The van der Waals surface area contributed by atoms with Gasteiger partial charge in [-0.15, -0.1) is 11.3 Å². The maximum Gasteiger partial charge on any atom is 0.128 e. The highest BCUT2D eigenvalue weighted by Gasteiger charge is 2.18. The molecule has 17 heavy (non-hydrogen) atoms. The largest absolute Gasteiger partial charge is 0.487 e. The molecule has 88 valence electrons. The predicted molar refractivity (Wildman–Crippen MR) is 69.6 cm³/mol. The van der Waals surface area contributed by atoms with E-state index in [2.05, 4.69) is 23.6 Å². The molecule has 3 heteroatoms. The van der Waals surface area contributed by atoms with Crippen molar-refractivity contribution in [2.24, 2.45) is 0 Å². The summed E-state index contributed by atoms with van der Waals surface area (Å²) in [4.78, 5) is 1.25. The minimum atomic E-state index is 0.205. The second-order valence-corrected chi connectivity index (χ2v) is 5.02. The topological polar surface area (TPSA) is 18.5 Å². The minimum absolute atomic E-state index is 0.205. The van der Waals surface area contributed by atoms with E-state index in [1.54, 1.807) is 11.3 Å². The lowest BCUT2D eigenvalue weighted by molar-refractivity contribution is 0.142. The fourth-order valence-electron chi connectivity index (χ4n) is 1.99. The third kappa shape index (κ3) is 2.35. The zero-order valence-electron chi connectivity index (χ0n) is 9.46. The zero-order valence-corrected chi connectivity index (χ0v) is 10.3. The number of rotatable bonds is 3. The highest BCUT2D eigenvalue weighted by atomic mass is 32.1. The average molecular weight is 246 g/mol. The van der Waals surface area contributed by atoms with Crippen molar-refractivity contribution in [2.75, 3.05) is 13.2 Å². The lowest BCUT2D eigenvalue weighted by Gasteiger charge is -2.14. The number of ether oxygens (including phenoxy) is 2. The smallest absolute Gasteiger partial charge is 0.128 e. The van der Waals surface area contributed by atoms with Crippen LogP contribution >= 0.6 is 11.3 Å². The van der Waals surface area contributed by atoms with Gasteiger partial charge in [0.05, 0.1) is 13.2 Å². The van der Waals surface area contributed by atoms with Gasteiger partial charge in [0, 0.05) is 16.9 Å². The Morgan fingerprint density at radius 1 is 1.18 bits per heavy atom. The van der Waals surface area contributed by atoms with Crippen molar-refractivity contribution in [3.8, 4) is 16.2 Å². The molecule has 1 fully saturated rings. The second kappa shape index (κ2) is 4.90. The number of benzene rings is 1. The summed E-state index contributed by atoms with van der Waals surface area (Å²) in [5.41, 5.74) is 1.18. The van der Waals surface area contributed by atoms with E-state index in [4.69, 9.17) is 9.47 Å². The zero-order chi connectivity index (χ0) is 11.5. The van der Waals surface area contributed by atoms with Gasteiger partial charge in [-0.25, -0.2) is 0 Å². The van der Waals surface area contributed by atoms with Gasteiger partial charge in [0.2, 0.25) is 0 Å². The Bertz CT molecular complexity index is 473. The molecule has 2 aromatic rings. The van der Waals surface area contributed by atoms with Crippen LogP contribution in [0.1, 0.15) is 6.42 Å². The summed E-state index contributed by atoms with van der Waals surface area (Å²) in [6.07, 6.45) is 1.19. The molecular weight excluding hydrogens is 232 g/mol. The Morgan fingerprint density at radius 3 is 2.88 bits per heavy atom. The molecule has 0 aliphatic carbocycles. The maximum atomic E-state index is 6.01. The lowest BCUT2D eigenvalue weighted by atomic mass is 10.1. The van der Waals surface area contributed by atoms with E-state index in [0.29, 0.717) is 6.61 Å². The van der Waals surface area contributed by atoms with Crippen LogP contribution in [0.4, 0.5) is 0 Å². The Balaban J connectivity index is 1.88. The molecule has 0 saturated carbocycles. The molecular formula is C14H14O2S.